The molecule has 13 heavy (non-hydrogen) atoms. The molecule has 0 atom stereocenters. The maximum absolute atomic E-state index is 12.3. The molecule has 1 aliphatic rings. The highest BCUT2D eigenvalue weighted by Crippen LogP contribution is 2.30. The third-order valence-electron chi connectivity index (χ3n) is 1.83. The van der Waals surface area contributed by atoms with E-state index in [1.165, 1.54) is 12.2 Å². The van der Waals surface area contributed by atoms with Crippen LogP contribution in [-0.2, 0) is 0 Å². The second-order valence-corrected chi connectivity index (χ2v) is 3.30. The van der Waals surface area contributed by atoms with Gasteiger partial charge in [0.25, 0.3) is 0 Å². The third kappa shape index (κ3) is 2.76. The lowest BCUT2D eigenvalue weighted by atomic mass is 10.1. The average Bonchev–Trinajstić information content (AvgIpc) is 2.09. The van der Waals surface area contributed by atoms with Gasteiger partial charge in [0.05, 0.1) is 5.57 Å². The molecule has 0 N–H and O–H groups in total. The molecule has 0 aromatic rings. The number of allylic oxidation sites excluding steroid dienone is 6. The first kappa shape index (κ1) is 10.1. The van der Waals surface area contributed by atoms with Crippen molar-refractivity contribution in [2.24, 2.45) is 0 Å². The van der Waals surface area contributed by atoms with Crippen LogP contribution in [-0.4, -0.2) is 6.18 Å². The maximum atomic E-state index is 12.3. The molecule has 0 spiro atoms. The summed E-state index contributed by atoms with van der Waals surface area (Å²) in [6, 6.07) is 0. The standard InChI is InChI=1S/C10H11F3/c1-7-3-4-9(10(11,12)13)6-8(2)5-7/h3-4,6H,5H2,1-2H3. The van der Waals surface area contributed by atoms with E-state index in [1.54, 1.807) is 6.92 Å². The zero-order chi connectivity index (χ0) is 10.1. The zero-order valence-corrected chi connectivity index (χ0v) is 7.57. The molecule has 1 rings (SSSR count). The molecule has 0 aliphatic heterocycles. The number of hydrogen-bond acceptors (Lipinski definition) is 0. The summed E-state index contributed by atoms with van der Waals surface area (Å²) in [6.07, 6.45) is 0.243. The fourth-order valence-corrected chi connectivity index (χ4v) is 1.27. The lowest BCUT2D eigenvalue weighted by Gasteiger charge is -2.06. The number of halogens is 3. The predicted molar refractivity (Wildman–Crippen MR) is 46.3 cm³/mol. The second kappa shape index (κ2) is 3.40. The van der Waals surface area contributed by atoms with Crippen molar-refractivity contribution >= 4 is 0 Å². The van der Waals surface area contributed by atoms with Gasteiger partial charge in [0.2, 0.25) is 0 Å². The third-order valence-corrected chi connectivity index (χ3v) is 1.83. The summed E-state index contributed by atoms with van der Waals surface area (Å²) in [5, 5.41) is 0. The SMILES string of the molecule is CC1=CC=C(C(F)(F)F)C=C(C)C1. The second-order valence-electron chi connectivity index (χ2n) is 3.30. The van der Waals surface area contributed by atoms with E-state index in [1.807, 2.05) is 6.92 Å². The molecule has 0 aromatic carbocycles. The largest absolute Gasteiger partial charge is 0.416 e. The van der Waals surface area contributed by atoms with Crippen LogP contribution in [0.2, 0.25) is 0 Å². The minimum atomic E-state index is -4.23. The highest BCUT2D eigenvalue weighted by molar-refractivity contribution is 5.36. The summed E-state index contributed by atoms with van der Waals surface area (Å²) < 4.78 is 36.8. The van der Waals surface area contributed by atoms with Crippen molar-refractivity contribution in [3.8, 4) is 0 Å². The van der Waals surface area contributed by atoms with Gasteiger partial charge in [0.15, 0.2) is 0 Å². The summed E-state index contributed by atoms with van der Waals surface area (Å²) in [6.45, 7) is 3.54. The highest BCUT2D eigenvalue weighted by atomic mass is 19.4. The summed E-state index contributed by atoms with van der Waals surface area (Å²) in [7, 11) is 0. The Balaban J connectivity index is 3.04. The summed E-state index contributed by atoms with van der Waals surface area (Å²) >= 11 is 0. The van der Waals surface area contributed by atoms with Crippen molar-refractivity contribution < 1.29 is 13.2 Å². The van der Waals surface area contributed by atoms with Gasteiger partial charge in [-0.25, -0.2) is 0 Å². The van der Waals surface area contributed by atoms with Crippen molar-refractivity contribution in [3.63, 3.8) is 0 Å². The molecule has 1 aliphatic carbocycles. The van der Waals surface area contributed by atoms with E-state index in [2.05, 4.69) is 0 Å². The molecule has 0 saturated carbocycles. The van der Waals surface area contributed by atoms with Gasteiger partial charge in [0, 0.05) is 0 Å². The molecule has 0 amide bonds. The van der Waals surface area contributed by atoms with Crippen molar-refractivity contribution in [2.75, 3.05) is 0 Å². The van der Waals surface area contributed by atoms with Crippen LogP contribution in [0.4, 0.5) is 13.2 Å². The van der Waals surface area contributed by atoms with Crippen molar-refractivity contribution in [2.45, 2.75) is 26.4 Å². The molecule has 0 unspecified atom stereocenters. The first-order valence-electron chi connectivity index (χ1n) is 4.01. The Kier molecular flexibility index (Phi) is 2.64. The van der Waals surface area contributed by atoms with Gasteiger partial charge in [-0.05, 0) is 20.3 Å². The van der Waals surface area contributed by atoms with Gasteiger partial charge < -0.3 is 0 Å². The van der Waals surface area contributed by atoms with Crippen LogP contribution in [0.3, 0.4) is 0 Å². The minimum Gasteiger partial charge on any atom is -0.166 e. The van der Waals surface area contributed by atoms with Crippen LogP contribution in [0.25, 0.3) is 0 Å². The van der Waals surface area contributed by atoms with E-state index in [-0.39, 0.29) is 0 Å². The lowest BCUT2D eigenvalue weighted by molar-refractivity contribution is -0.0882. The van der Waals surface area contributed by atoms with Gasteiger partial charge in [-0.3, -0.25) is 0 Å². The number of alkyl halides is 3. The Bertz CT molecular complexity index is 290. The smallest absolute Gasteiger partial charge is 0.166 e. The van der Waals surface area contributed by atoms with Gasteiger partial charge >= 0.3 is 6.18 Å². The molecule has 3 heteroatoms. The van der Waals surface area contributed by atoms with Crippen LogP contribution >= 0.6 is 0 Å². The van der Waals surface area contributed by atoms with Crippen LogP contribution in [0, 0.1) is 0 Å². The normalized spacial score (nSPS) is 18.7. The summed E-state index contributed by atoms with van der Waals surface area (Å²) in [4.78, 5) is 0. The minimum absolute atomic E-state index is 0.568. The molecule has 0 saturated heterocycles. The van der Waals surface area contributed by atoms with E-state index in [0.29, 0.717) is 6.42 Å². The first-order valence-corrected chi connectivity index (χ1v) is 4.01. The Morgan fingerprint density at radius 1 is 1.08 bits per heavy atom. The van der Waals surface area contributed by atoms with Crippen LogP contribution in [0.15, 0.2) is 34.9 Å². The molecule has 0 aromatic heterocycles. The molecule has 0 heterocycles. The molecule has 72 valence electrons. The summed E-state index contributed by atoms with van der Waals surface area (Å²) in [5.41, 5.74) is 1.13. The zero-order valence-electron chi connectivity index (χ0n) is 7.57. The monoisotopic (exact) mass is 188 g/mol. The van der Waals surface area contributed by atoms with Crippen LogP contribution in [0.1, 0.15) is 20.3 Å². The van der Waals surface area contributed by atoms with E-state index < -0.39 is 11.7 Å². The maximum Gasteiger partial charge on any atom is 0.416 e. The number of hydrogen-bond donors (Lipinski definition) is 0. The first-order chi connectivity index (χ1) is 5.89. The van der Waals surface area contributed by atoms with Gasteiger partial charge in [0.1, 0.15) is 0 Å². The molecule has 0 radical (unpaired) electrons. The average molecular weight is 188 g/mol. The van der Waals surface area contributed by atoms with Crippen molar-refractivity contribution in [1.82, 2.24) is 0 Å². The lowest BCUT2D eigenvalue weighted by Crippen LogP contribution is -2.09. The van der Waals surface area contributed by atoms with Gasteiger partial charge in [-0.1, -0.05) is 29.4 Å². The van der Waals surface area contributed by atoms with E-state index in [4.69, 9.17) is 0 Å². The Labute approximate surface area is 75.4 Å². The van der Waals surface area contributed by atoms with Gasteiger partial charge in [-0.2, -0.15) is 13.2 Å². The quantitative estimate of drug-likeness (QED) is 0.542. The van der Waals surface area contributed by atoms with Crippen molar-refractivity contribution in [3.05, 3.63) is 34.9 Å². The Morgan fingerprint density at radius 2 is 1.69 bits per heavy atom. The molecular weight excluding hydrogens is 177 g/mol. The molecule has 0 fully saturated rings. The molecule has 0 nitrogen and oxygen atoms in total. The molecular formula is C10H11F3. The van der Waals surface area contributed by atoms with Crippen LogP contribution < -0.4 is 0 Å². The number of rotatable bonds is 0. The predicted octanol–water partition coefficient (Wildman–Crippen LogP) is 3.77. The van der Waals surface area contributed by atoms with Crippen molar-refractivity contribution in [1.29, 1.82) is 0 Å². The topological polar surface area (TPSA) is 0 Å². The van der Waals surface area contributed by atoms with E-state index in [9.17, 15) is 13.2 Å². The Morgan fingerprint density at radius 3 is 2.23 bits per heavy atom. The molecule has 0 bridgehead atoms. The fourth-order valence-electron chi connectivity index (χ4n) is 1.27. The Hall–Kier alpha value is -0.990. The summed E-state index contributed by atoms with van der Waals surface area (Å²) in [5.74, 6) is 0. The fraction of sp³-hybridized carbons (Fsp3) is 0.400. The van der Waals surface area contributed by atoms with Gasteiger partial charge in [-0.15, -0.1) is 0 Å². The van der Waals surface area contributed by atoms with Crippen LogP contribution in [0.5, 0.6) is 0 Å². The van der Waals surface area contributed by atoms with E-state index in [0.717, 1.165) is 17.2 Å². The van der Waals surface area contributed by atoms with E-state index >= 15 is 0 Å². The highest BCUT2D eigenvalue weighted by Gasteiger charge is 2.31.